The van der Waals surface area contributed by atoms with Crippen LogP contribution in [0.2, 0.25) is 0 Å². The molecule has 0 radical (unpaired) electrons. The highest BCUT2D eigenvalue weighted by atomic mass is 32.2. The van der Waals surface area contributed by atoms with E-state index in [-0.39, 0.29) is 17.8 Å². The first-order valence-electron chi connectivity index (χ1n) is 8.30. The van der Waals surface area contributed by atoms with E-state index in [4.69, 9.17) is 4.42 Å². The lowest BCUT2D eigenvalue weighted by Crippen LogP contribution is -2.29. The van der Waals surface area contributed by atoms with Gasteiger partial charge < -0.3 is 9.73 Å². The van der Waals surface area contributed by atoms with Crippen molar-refractivity contribution in [3.05, 3.63) is 66.0 Å². The zero-order valence-electron chi connectivity index (χ0n) is 13.8. The van der Waals surface area contributed by atoms with Crippen LogP contribution in [0.5, 0.6) is 0 Å². The third-order valence-corrected chi connectivity index (χ3v) is 5.07. The van der Waals surface area contributed by atoms with E-state index in [1.807, 2.05) is 30.3 Å². The van der Waals surface area contributed by atoms with Crippen molar-refractivity contribution in [3.63, 3.8) is 0 Å². The maximum Gasteiger partial charge on any atom is 0.277 e. The standard InChI is InChI=1S/C19H16FN3O2S/c20-14-8-6-12(7-9-14)16(17(24)21-15-10-11-15)26-19-23-22-18(25-19)13-4-2-1-3-5-13/h1-9,15-16H,10-11H2,(H,21,24). The van der Waals surface area contributed by atoms with E-state index in [1.165, 1.54) is 23.9 Å². The number of benzene rings is 2. The van der Waals surface area contributed by atoms with E-state index in [0.717, 1.165) is 18.4 Å². The van der Waals surface area contributed by atoms with Gasteiger partial charge in [0.2, 0.25) is 11.8 Å². The molecule has 1 fully saturated rings. The summed E-state index contributed by atoms with van der Waals surface area (Å²) in [5.41, 5.74) is 1.50. The summed E-state index contributed by atoms with van der Waals surface area (Å²) in [6.45, 7) is 0. The average Bonchev–Trinajstić information content (AvgIpc) is 3.35. The fourth-order valence-corrected chi connectivity index (χ4v) is 3.36. The zero-order valence-corrected chi connectivity index (χ0v) is 14.6. The molecule has 1 aliphatic carbocycles. The van der Waals surface area contributed by atoms with Gasteiger partial charge in [-0.05, 0) is 54.4 Å². The largest absolute Gasteiger partial charge is 0.411 e. The van der Waals surface area contributed by atoms with Crippen LogP contribution in [0.1, 0.15) is 23.7 Å². The second kappa shape index (κ2) is 7.29. The molecule has 1 N–H and O–H groups in total. The van der Waals surface area contributed by atoms with Crippen molar-refractivity contribution in [2.45, 2.75) is 29.4 Å². The summed E-state index contributed by atoms with van der Waals surface area (Å²) in [6.07, 6.45) is 1.98. The molecule has 4 rings (SSSR count). The summed E-state index contributed by atoms with van der Waals surface area (Å²) < 4.78 is 18.9. The number of aromatic nitrogens is 2. The number of carbonyl (C=O) groups is 1. The monoisotopic (exact) mass is 369 g/mol. The van der Waals surface area contributed by atoms with Crippen LogP contribution in [0.15, 0.2) is 64.2 Å². The van der Waals surface area contributed by atoms with Gasteiger partial charge in [-0.2, -0.15) is 0 Å². The first-order valence-corrected chi connectivity index (χ1v) is 9.18. The summed E-state index contributed by atoms with van der Waals surface area (Å²) in [7, 11) is 0. The topological polar surface area (TPSA) is 68.0 Å². The van der Waals surface area contributed by atoms with Gasteiger partial charge in [0.05, 0.1) is 0 Å². The molecule has 1 unspecified atom stereocenters. The van der Waals surface area contributed by atoms with Crippen molar-refractivity contribution in [2.75, 3.05) is 0 Å². The SMILES string of the molecule is O=C(NC1CC1)C(Sc1nnc(-c2ccccc2)o1)c1ccc(F)cc1. The Hall–Kier alpha value is -2.67. The van der Waals surface area contributed by atoms with Crippen LogP contribution in [-0.2, 0) is 4.79 Å². The lowest BCUT2D eigenvalue weighted by atomic mass is 10.1. The quantitative estimate of drug-likeness (QED) is 0.666. The first kappa shape index (κ1) is 16.8. The minimum Gasteiger partial charge on any atom is -0.411 e. The molecule has 2 aromatic carbocycles. The Balaban J connectivity index is 1.57. The summed E-state index contributed by atoms with van der Waals surface area (Å²) >= 11 is 1.17. The van der Waals surface area contributed by atoms with Crippen molar-refractivity contribution in [1.82, 2.24) is 15.5 Å². The lowest BCUT2D eigenvalue weighted by Gasteiger charge is -2.14. The number of thioether (sulfide) groups is 1. The molecule has 0 bridgehead atoms. The molecule has 1 heterocycles. The van der Waals surface area contributed by atoms with Gasteiger partial charge in [-0.25, -0.2) is 4.39 Å². The number of hydrogen-bond acceptors (Lipinski definition) is 5. The van der Waals surface area contributed by atoms with Crippen LogP contribution in [0, 0.1) is 5.82 Å². The van der Waals surface area contributed by atoms with Crippen LogP contribution in [-0.4, -0.2) is 22.1 Å². The number of halogens is 1. The molecule has 1 atom stereocenters. The summed E-state index contributed by atoms with van der Waals surface area (Å²) in [5, 5.41) is 10.8. The van der Waals surface area contributed by atoms with E-state index >= 15 is 0 Å². The van der Waals surface area contributed by atoms with E-state index in [9.17, 15) is 9.18 Å². The van der Waals surface area contributed by atoms with Crippen LogP contribution in [0.4, 0.5) is 4.39 Å². The van der Waals surface area contributed by atoms with Crippen molar-refractivity contribution in [1.29, 1.82) is 0 Å². The van der Waals surface area contributed by atoms with Gasteiger partial charge in [0.15, 0.2) is 0 Å². The van der Waals surface area contributed by atoms with Gasteiger partial charge in [-0.15, -0.1) is 10.2 Å². The predicted molar refractivity (Wildman–Crippen MR) is 95.9 cm³/mol. The van der Waals surface area contributed by atoms with Gasteiger partial charge in [0.25, 0.3) is 5.22 Å². The Morgan fingerprint density at radius 3 is 2.54 bits per heavy atom. The van der Waals surface area contributed by atoms with Crippen molar-refractivity contribution >= 4 is 17.7 Å². The minimum atomic E-state index is -0.583. The first-order chi connectivity index (χ1) is 12.7. The van der Waals surface area contributed by atoms with Crippen LogP contribution in [0.25, 0.3) is 11.5 Å². The molecule has 1 aromatic heterocycles. The number of hydrogen-bond donors (Lipinski definition) is 1. The van der Waals surface area contributed by atoms with E-state index in [0.29, 0.717) is 16.7 Å². The molecule has 3 aromatic rings. The third kappa shape index (κ3) is 3.94. The fourth-order valence-electron chi connectivity index (χ4n) is 2.47. The Labute approximate surface area is 154 Å². The van der Waals surface area contributed by atoms with Gasteiger partial charge in [-0.3, -0.25) is 4.79 Å². The lowest BCUT2D eigenvalue weighted by molar-refractivity contribution is -0.120. The Bertz CT molecular complexity index is 895. The predicted octanol–water partition coefficient (Wildman–Crippen LogP) is 3.99. The summed E-state index contributed by atoms with van der Waals surface area (Å²) in [4.78, 5) is 12.6. The molecule has 1 aliphatic rings. The highest BCUT2D eigenvalue weighted by molar-refractivity contribution is 8.00. The smallest absolute Gasteiger partial charge is 0.277 e. The van der Waals surface area contributed by atoms with Crippen LogP contribution >= 0.6 is 11.8 Å². The molecule has 7 heteroatoms. The second-order valence-corrected chi connectivity index (χ2v) is 7.13. The molecule has 0 spiro atoms. The maximum atomic E-state index is 13.2. The van der Waals surface area contributed by atoms with Gasteiger partial charge >= 0.3 is 0 Å². The van der Waals surface area contributed by atoms with Crippen molar-refractivity contribution in [3.8, 4) is 11.5 Å². The molecule has 26 heavy (non-hydrogen) atoms. The average molecular weight is 369 g/mol. The number of carbonyl (C=O) groups excluding carboxylic acids is 1. The van der Waals surface area contributed by atoms with Gasteiger partial charge in [0, 0.05) is 11.6 Å². The number of rotatable bonds is 6. The highest BCUT2D eigenvalue weighted by Crippen LogP contribution is 2.36. The zero-order chi connectivity index (χ0) is 17.9. The Kier molecular flexibility index (Phi) is 4.71. The molecule has 0 saturated heterocycles. The molecule has 5 nitrogen and oxygen atoms in total. The Morgan fingerprint density at radius 2 is 1.85 bits per heavy atom. The molecular formula is C19H16FN3O2S. The minimum absolute atomic E-state index is 0.136. The molecule has 1 amide bonds. The number of nitrogens with one attached hydrogen (secondary N) is 1. The fraction of sp³-hybridized carbons (Fsp3) is 0.211. The Morgan fingerprint density at radius 1 is 1.12 bits per heavy atom. The van der Waals surface area contributed by atoms with Crippen molar-refractivity contribution in [2.24, 2.45) is 0 Å². The summed E-state index contributed by atoms with van der Waals surface area (Å²) in [6, 6.07) is 15.6. The van der Waals surface area contributed by atoms with Gasteiger partial charge in [-0.1, -0.05) is 30.3 Å². The maximum absolute atomic E-state index is 13.2. The third-order valence-electron chi connectivity index (χ3n) is 3.98. The number of nitrogens with zero attached hydrogens (tertiary/aromatic N) is 2. The summed E-state index contributed by atoms with van der Waals surface area (Å²) in [5.74, 6) is -0.0821. The van der Waals surface area contributed by atoms with E-state index in [2.05, 4.69) is 15.5 Å². The second-order valence-electron chi connectivity index (χ2n) is 6.07. The highest BCUT2D eigenvalue weighted by Gasteiger charge is 2.30. The normalized spacial score (nSPS) is 14.8. The number of amides is 1. The molecule has 0 aliphatic heterocycles. The molecular weight excluding hydrogens is 353 g/mol. The van der Waals surface area contributed by atoms with Crippen LogP contribution in [0.3, 0.4) is 0 Å². The van der Waals surface area contributed by atoms with Gasteiger partial charge in [0.1, 0.15) is 11.1 Å². The van der Waals surface area contributed by atoms with E-state index < -0.39 is 5.25 Å². The van der Waals surface area contributed by atoms with E-state index in [1.54, 1.807) is 12.1 Å². The van der Waals surface area contributed by atoms with Crippen LogP contribution < -0.4 is 5.32 Å². The van der Waals surface area contributed by atoms with Crippen molar-refractivity contribution < 1.29 is 13.6 Å². The molecule has 1 saturated carbocycles. The molecule has 132 valence electrons.